The summed E-state index contributed by atoms with van der Waals surface area (Å²) in [7, 11) is 0. The standard InChI is InChI=1S/C25H32FNO4/c1-17(2)22(27-23(28)18-7-9-19(10-8-18)25(3,4)5)24(29)31-16-6-15-30-21-13-11-20(26)12-14-21/h7-14,17,22H,6,15-16H2,1-5H3,(H,27,28)/t22-/m0/s1. The van der Waals surface area contributed by atoms with Crippen molar-refractivity contribution >= 4 is 11.9 Å². The van der Waals surface area contributed by atoms with Crippen molar-refractivity contribution in [3.8, 4) is 5.75 Å². The van der Waals surface area contributed by atoms with Crippen LogP contribution in [0.2, 0.25) is 0 Å². The van der Waals surface area contributed by atoms with E-state index in [-0.39, 0.29) is 29.7 Å². The first-order valence-corrected chi connectivity index (χ1v) is 10.5. The maximum atomic E-state index is 12.9. The number of carbonyl (C=O) groups is 2. The van der Waals surface area contributed by atoms with Crippen LogP contribution in [0.15, 0.2) is 48.5 Å². The maximum Gasteiger partial charge on any atom is 0.328 e. The normalized spacial score (nSPS) is 12.4. The fourth-order valence-electron chi connectivity index (χ4n) is 2.89. The van der Waals surface area contributed by atoms with Crippen LogP contribution in [0.4, 0.5) is 4.39 Å². The van der Waals surface area contributed by atoms with Crippen LogP contribution in [0.3, 0.4) is 0 Å². The molecule has 0 saturated carbocycles. The van der Waals surface area contributed by atoms with E-state index >= 15 is 0 Å². The molecule has 0 unspecified atom stereocenters. The Labute approximate surface area is 183 Å². The van der Waals surface area contributed by atoms with Gasteiger partial charge in [0.05, 0.1) is 13.2 Å². The molecule has 168 valence electrons. The Bertz CT molecular complexity index is 855. The predicted molar refractivity (Wildman–Crippen MR) is 119 cm³/mol. The summed E-state index contributed by atoms with van der Waals surface area (Å²) in [6.07, 6.45) is 0.482. The largest absolute Gasteiger partial charge is 0.493 e. The van der Waals surface area contributed by atoms with Crippen LogP contribution in [-0.4, -0.2) is 31.1 Å². The molecule has 0 aliphatic carbocycles. The fourth-order valence-corrected chi connectivity index (χ4v) is 2.89. The van der Waals surface area contributed by atoms with Crippen molar-refractivity contribution < 1.29 is 23.5 Å². The lowest BCUT2D eigenvalue weighted by Gasteiger charge is -2.22. The van der Waals surface area contributed by atoms with Gasteiger partial charge in [-0.2, -0.15) is 0 Å². The van der Waals surface area contributed by atoms with Crippen LogP contribution >= 0.6 is 0 Å². The van der Waals surface area contributed by atoms with Gasteiger partial charge in [-0.25, -0.2) is 9.18 Å². The van der Waals surface area contributed by atoms with Gasteiger partial charge >= 0.3 is 5.97 Å². The monoisotopic (exact) mass is 429 g/mol. The Morgan fingerprint density at radius 3 is 2.13 bits per heavy atom. The Balaban J connectivity index is 1.83. The van der Waals surface area contributed by atoms with Crippen LogP contribution in [-0.2, 0) is 14.9 Å². The van der Waals surface area contributed by atoms with Crippen LogP contribution in [0.1, 0.15) is 57.0 Å². The van der Waals surface area contributed by atoms with E-state index in [0.29, 0.717) is 24.3 Å². The van der Waals surface area contributed by atoms with Gasteiger partial charge in [0.15, 0.2) is 0 Å². The topological polar surface area (TPSA) is 64.6 Å². The van der Waals surface area contributed by atoms with E-state index in [4.69, 9.17) is 9.47 Å². The zero-order valence-corrected chi connectivity index (χ0v) is 18.9. The first-order chi connectivity index (χ1) is 14.6. The molecule has 0 aliphatic heterocycles. The van der Waals surface area contributed by atoms with E-state index in [1.165, 1.54) is 12.1 Å². The van der Waals surface area contributed by atoms with E-state index in [9.17, 15) is 14.0 Å². The SMILES string of the molecule is CC(C)[C@H](NC(=O)c1ccc(C(C)(C)C)cc1)C(=O)OCCCOc1ccc(F)cc1. The lowest BCUT2D eigenvalue weighted by molar-refractivity contribution is -0.147. The lowest BCUT2D eigenvalue weighted by atomic mass is 9.86. The predicted octanol–water partition coefficient (Wildman–Crippen LogP) is 4.89. The Hall–Kier alpha value is -2.89. The fraction of sp³-hybridized carbons (Fsp3) is 0.440. The molecule has 5 nitrogen and oxygen atoms in total. The van der Waals surface area contributed by atoms with E-state index in [1.807, 2.05) is 26.0 Å². The zero-order valence-electron chi connectivity index (χ0n) is 18.9. The smallest absolute Gasteiger partial charge is 0.328 e. The molecule has 31 heavy (non-hydrogen) atoms. The highest BCUT2D eigenvalue weighted by atomic mass is 19.1. The molecule has 0 spiro atoms. The molecule has 2 aromatic rings. The molecule has 1 N–H and O–H groups in total. The molecule has 0 radical (unpaired) electrons. The van der Waals surface area contributed by atoms with Crippen LogP contribution in [0.5, 0.6) is 5.75 Å². The second kappa shape index (κ2) is 10.9. The van der Waals surface area contributed by atoms with Crippen molar-refractivity contribution in [2.45, 2.75) is 52.5 Å². The number of hydrogen-bond acceptors (Lipinski definition) is 4. The maximum absolute atomic E-state index is 12.9. The van der Waals surface area contributed by atoms with E-state index < -0.39 is 12.0 Å². The van der Waals surface area contributed by atoms with E-state index in [0.717, 1.165) is 5.56 Å². The summed E-state index contributed by atoms with van der Waals surface area (Å²) in [5.41, 5.74) is 1.63. The number of esters is 1. The summed E-state index contributed by atoms with van der Waals surface area (Å²) < 4.78 is 23.7. The second-order valence-electron chi connectivity index (χ2n) is 8.85. The van der Waals surface area contributed by atoms with Crippen LogP contribution < -0.4 is 10.1 Å². The van der Waals surface area contributed by atoms with Crippen molar-refractivity contribution in [2.75, 3.05) is 13.2 Å². The number of amides is 1. The first-order valence-electron chi connectivity index (χ1n) is 10.5. The van der Waals surface area contributed by atoms with Crippen molar-refractivity contribution in [1.82, 2.24) is 5.32 Å². The van der Waals surface area contributed by atoms with Crippen molar-refractivity contribution in [3.63, 3.8) is 0 Å². The molecule has 0 bridgehead atoms. The molecule has 0 fully saturated rings. The molecule has 6 heteroatoms. The first kappa shape index (κ1) is 24.4. The highest BCUT2D eigenvalue weighted by Gasteiger charge is 2.26. The number of hydrogen-bond donors (Lipinski definition) is 1. The number of rotatable bonds is 9. The molecule has 1 atom stereocenters. The Morgan fingerprint density at radius 2 is 1.58 bits per heavy atom. The number of ether oxygens (including phenoxy) is 2. The number of benzene rings is 2. The summed E-state index contributed by atoms with van der Waals surface area (Å²) in [5, 5.41) is 2.78. The van der Waals surface area contributed by atoms with Gasteiger partial charge in [-0.1, -0.05) is 46.8 Å². The third-order valence-corrected chi connectivity index (χ3v) is 4.84. The van der Waals surface area contributed by atoms with Gasteiger partial charge in [0.1, 0.15) is 17.6 Å². The zero-order chi connectivity index (χ0) is 23.0. The number of nitrogens with one attached hydrogen (secondary N) is 1. The van der Waals surface area contributed by atoms with Gasteiger partial charge < -0.3 is 14.8 Å². The van der Waals surface area contributed by atoms with Gasteiger partial charge in [-0.3, -0.25) is 4.79 Å². The van der Waals surface area contributed by atoms with Crippen molar-refractivity contribution in [2.24, 2.45) is 5.92 Å². The molecule has 0 aromatic heterocycles. The summed E-state index contributed by atoms with van der Waals surface area (Å²) in [4.78, 5) is 25.1. The van der Waals surface area contributed by atoms with Gasteiger partial charge in [0.2, 0.25) is 0 Å². The minimum Gasteiger partial charge on any atom is -0.493 e. The van der Waals surface area contributed by atoms with Crippen LogP contribution in [0, 0.1) is 11.7 Å². The van der Waals surface area contributed by atoms with E-state index in [2.05, 4.69) is 26.1 Å². The summed E-state index contributed by atoms with van der Waals surface area (Å²) in [5.74, 6) is -0.682. The van der Waals surface area contributed by atoms with Gasteiger partial charge in [0, 0.05) is 12.0 Å². The summed E-state index contributed by atoms with van der Waals surface area (Å²) >= 11 is 0. The second-order valence-corrected chi connectivity index (χ2v) is 8.85. The molecular formula is C25H32FNO4. The number of carbonyl (C=O) groups excluding carboxylic acids is 2. The van der Waals surface area contributed by atoms with Crippen molar-refractivity contribution in [1.29, 1.82) is 0 Å². The highest BCUT2D eigenvalue weighted by molar-refractivity contribution is 5.96. The molecule has 0 saturated heterocycles. The summed E-state index contributed by atoms with van der Waals surface area (Å²) in [6, 6.07) is 12.4. The van der Waals surface area contributed by atoms with Gasteiger partial charge in [-0.15, -0.1) is 0 Å². The molecule has 1 amide bonds. The highest BCUT2D eigenvalue weighted by Crippen LogP contribution is 2.22. The number of halogens is 1. The lowest BCUT2D eigenvalue weighted by Crippen LogP contribution is -2.45. The molecule has 0 heterocycles. The molecule has 2 aromatic carbocycles. The molecular weight excluding hydrogens is 397 g/mol. The Morgan fingerprint density at radius 1 is 0.968 bits per heavy atom. The average molecular weight is 430 g/mol. The third-order valence-electron chi connectivity index (χ3n) is 4.84. The van der Waals surface area contributed by atoms with Gasteiger partial charge in [0.25, 0.3) is 5.91 Å². The summed E-state index contributed by atoms with van der Waals surface area (Å²) in [6.45, 7) is 10.5. The minimum atomic E-state index is -0.743. The van der Waals surface area contributed by atoms with Gasteiger partial charge in [-0.05, 0) is 53.3 Å². The molecule has 0 aliphatic rings. The Kier molecular flexibility index (Phi) is 8.60. The third kappa shape index (κ3) is 7.70. The van der Waals surface area contributed by atoms with E-state index in [1.54, 1.807) is 24.3 Å². The van der Waals surface area contributed by atoms with Crippen LogP contribution in [0.25, 0.3) is 0 Å². The quantitative estimate of drug-likeness (QED) is 0.455. The minimum absolute atomic E-state index is 0.000303. The van der Waals surface area contributed by atoms with Crippen molar-refractivity contribution in [3.05, 3.63) is 65.5 Å². The molecule has 2 rings (SSSR count). The average Bonchev–Trinajstić information content (AvgIpc) is 2.72.